The van der Waals surface area contributed by atoms with E-state index in [-0.39, 0.29) is 5.97 Å². The van der Waals surface area contributed by atoms with Crippen molar-refractivity contribution in [3.8, 4) is 0 Å². The van der Waals surface area contributed by atoms with Crippen LogP contribution in [0.4, 0.5) is 0 Å². The molecule has 1 aromatic carbocycles. The molecule has 0 spiro atoms. The predicted molar refractivity (Wildman–Crippen MR) is 80.6 cm³/mol. The summed E-state index contributed by atoms with van der Waals surface area (Å²) >= 11 is 0. The Morgan fingerprint density at radius 2 is 1.90 bits per heavy atom. The van der Waals surface area contributed by atoms with Crippen molar-refractivity contribution in [1.82, 2.24) is 4.90 Å². The minimum absolute atomic E-state index is 0.0524. The zero-order valence-corrected chi connectivity index (χ0v) is 12.8. The van der Waals surface area contributed by atoms with Crippen molar-refractivity contribution in [3.05, 3.63) is 35.9 Å². The van der Waals surface area contributed by atoms with Gasteiger partial charge in [-0.25, -0.2) is 0 Å². The molecule has 0 bridgehead atoms. The van der Waals surface area contributed by atoms with Crippen LogP contribution in [-0.4, -0.2) is 37.1 Å². The van der Waals surface area contributed by atoms with E-state index in [0.29, 0.717) is 12.5 Å². The minimum atomic E-state index is -0.403. The molecule has 1 aromatic rings. The summed E-state index contributed by atoms with van der Waals surface area (Å²) in [6.45, 7) is 9.69. The van der Waals surface area contributed by atoms with Crippen LogP contribution in [-0.2, 0) is 14.9 Å². The Morgan fingerprint density at radius 1 is 1.25 bits per heavy atom. The van der Waals surface area contributed by atoms with Gasteiger partial charge in [-0.3, -0.25) is 4.79 Å². The minimum Gasteiger partial charge on any atom is -0.465 e. The van der Waals surface area contributed by atoms with Gasteiger partial charge in [-0.15, -0.1) is 0 Å². The molecule has 0 aliphatic heterocycles. The first-order chi connectivity index (χ1) is 9.68. The molecule has 0 radical (unpaired) electrons. The van der Waals surface area contributed by atoms with Gasteiger partial charge in [-0.1, -0.05) is 44.2 Å². The number of hydrogen-bond acceptors (Lipinski definition) is 3. The van der Waals surface area contributed by atoms with Crippen LogP contribution in [0.2, 0.25) is 0 Å². The molecule has 3 heteroatoms. The lowest BCUT2D eigenvalue weighted by Crippen LogP contribution is -2.32. The molecule has 2 unspecified atom stereocenters. The van der Waals surface area contributed by atoms with Gasteiger partial charge in [0.2, 0.25) is 0 Å². The largest absolute Gasteiger partial charge is 0.465 e. The highest BCUT2D eigenvalue weighted by Crippen LogP contribution is 2.55. The molecule has 1 aliphatic carbocycles. The zero-order chi connectivity index (χ0) is 14.6. The first-order valence-electron chi connectivity index (χ1n) is 7.64. The maximum Gasteiger partial charge on any atom is 0.316 e. The molecule has 0 heterocycles. The van der Waals surface area contributed by atoms with E-state index in [0.717, 1.165) is 31.6 Å². The lowest BCUT2D eigenvalue weighted by Gasteiger charge is -2.21. The number of rotatable bonds is 7. The van der Waals surface area contributed by atoms with Crippen LogP contribution in [0, 0.1) is 5.92 Å². The van der Waals surface area contributed by atoms with E-state index >= 15 is 0 Å². The van der Waals surface area contributed by atoms with E-state index in [9.17, 15) is 4.79 Å². The summed E-state index contributed by atoms with van der Waals surface area (Å²) in [5.41, 5.74) is 0.704. The molecular weight excluding hydrogens is 250 g/mol. The lowest BCUT2D eigenvalue weighted by atomic mass is 9.93. The molecule has 20 heavy (non-hydrogen) atoms. The summed E-state index contributed by atoms with van der Waals surface area (Å²) in [6.07, 6.45) is 0.909. The second-order valence-corrected chi connectivity index (χ2v) is 5.44. The van der Waals surface area contributed by atoms with Gasteiger partial charge in [-0.05, 0) is 37.9 Å². The Labute approximate surface area is 121 Å². The van der Waals surface area contributed by atoms with Crippen molar-refractivity contribution < 1.29 is 9.53 Å². The average Bonchev–Trinajstić information content (AvgIpc) is 3.21. The number of ether oxygens (including phenoxy) is 1. The Balaban J connectivity index is 2.19. The third-order valence-electron chi connectivity index (χ3n) is 4.41. The van der Waals surface area contributed by atoms with Crippen LogP contribution in [0.5, 0.6) is 0 Å². The number of esters is 1. The lowest BCUT2D eigenvalue weighted by molar-refractivity contribution is -0.146. The molecule has 110 valence electrons. The first-order valence-corrected chi connectivity index (χ1v) is 7.64. The van der Waals surface area contributed by atoms with Crippen molar-refractivity contribution in [2.24, 2.45) is 5.92 Å². The molecule has 0 saturated heterocycles. The Morgan fingerprint density at radius 3 is 2.45 bits per heavy atom. The smallest absolute Gasteiger partial charge is 0.316 e. The third-order valence-corrected chi connectivity index (χ3v) is 4.41. The number of benzene rings is 1. The number of carbonyl (C=O) groups is 1. The van der Waals surface area contributed by atoms with Gasteiger partial charge in [-0.2, -0.15) is 0 Å². The fourth-order valence-corrected chi connectivity index (χ4v) is 3.06. The normalized spacial score (nSPS) is 24.7. The van der Waals surface area contributed by atoms with Gasteiger partial charge in [0, 0.05) is 6.54 Å². The molecule has 0 N–H and O–H groups in total. The summed E-state index contributed by atoms with van der Waals surface area (Å²) in [4.78, 5) is 14.8. The number of hydrogen-bond donors (Lipinski definition) is 0. The molecule has 1 aliphatic rings. The molecule has 1 fully saturated rings. The van der Waals surface area contributed by atoms with Crippen LogP contribution < -0.4 is 0 Å². The van der Waals surface area contributed by atoms with Crippen LogP contribution in [0.1, 0.15) is 32.8 Å². The van der Waals surface area contributed by atoms with Crippen LogP contribution in [0.25, 0.3) is 0 Å². The average molecular weight is 275 g/mol. The Kier molecular flexibility index (Phi) is 4.81. The van der Waals surface area contributed by atoms with E-state index in [1.54, 1.807) is 0 Å². The van der Waals surface area contributed by atoms with Crippen LogP contribution in [0.15, 0.2) is 30.3 Å². The summed E-state index contributed by atoms with van der Waals surface area (Å²) in [5.74, 6) is 0.326. The van der Waals surface area contributed by atoms with Crippen molar-refractivity contribution in [1.29, 1.82) is 0 Å². The van der Waals surface area contributed by atoms with Crippen LogP contribution >= 0.6 is 0 Å². The molecule has 0 amide bonds. The van der Waals surface area contributed by atoms with E-state index < -0.39 is 5.41 Å². The third kappa shape index (κ3) is 2.73. The summed E-state index contributed by atoms with van der Waals surface area (Å²) in [5, 5.41) is 0. The number of carbonyl (C=O) groups excluding carboxylic acids is 1. The highest BCUT2D eigenvalue weighted by atomic mass is 16.5. The maximum absolute atomic E-state index is 12.5. The highest BCUT2D eigenvalue weighted by molar-refractivity contribution is 5.87. The fourth-order valence-electron chi connectivity index (χ4n) is 3.06. The van der Waals surface area contributed by atoms with Crippen molar-refractivity contribution in [2.45, 2.75) is 32.6 Å². The fraction of sp³-hybridized carbons (Fsp3) is 0.588. The molecule has 1 saturated carbocycles. The van der Waals surface area contributed by atoms with Crippen molar-refractivity contribution in [2.75, 3.05) is 26.2 Å². The van der Waals surface area contributed by atoms with Gasteiger partial charge < -0.3 is 9.64 Å². The second kappa shape index (κ2) is 6.40. The van der Waals surface area contributed by atoms with Gasteiger partial charge >= 0.3 is 5.97 Å². The summed E-state index contributed by atoms with van der Waals surface area (Å²) in [7, 11) is 0. The topological polar surface area (TPSA) is 29.5 Å². The quantitative estimate of drug-likeness (QED) is 0.717. The van der Waals surface area contributed by atoms with Gasteiger partial charge in [0.25, 0.3) is 0 Å². The molecular formula is C17H25NO2. The van der Waals surface area contributed by atoms with Crippen LogP contribution in [0.3, 0.4) is 0 Å². The van der Waals surface area contributed by atoms with E-state index in [1.807, 2.05) is 25.1 Å². The zero-order valence-electron chi connectivity index (χ0n) is 12.8. The predicted octanol–water partition coefficient (Wildman–Crippen LogP) is 2.85. The molecule has 3 nitrogen and oxygen atoms in total. The summed E-state index contributed by atoms with van der Waals surface area (Å²) in [6, 6.07) is 10.1. The Hall–Kier alpha value is -1.35. The standard InChI is InChI=1S/C17H25NO2/c1-4-18(5-2)13-15-12-17(15,16(19)20-6-3)14-10-8-7-9-11-14/h7-11,15H,4-6,12-13H2,1-3H3. The SMILES string of the molecule is CCOC(=O)C1(c2ccccc2)CC1CN(CC)CC. The van der Waals surface area contributed by atoms with Crippen molar-refractivity contribution >= 4 is 5.97 Å². The highest BCUT2D eigenvalue weighted by Gasteiger charge is 2.62. The number of nitrogens with zero attached hydrogens (tertiary/aromatic N) is 1. The van der Waals surface area contributed by atoms with Gasteiger partial charge in [0.15, 0.2) is 0 Å². The first kappa shape index (κ1) is 15.0. The Bertz CT molecular complexity index is 442. The van der Waals surface area contributed by atoms with Crippen molar-refractivity contribution in [3.63, 3.8) is 0 Å². The monoisotopic (exact) mass is 275 g/mol. The molecule has 0 aromatic heterocycles. The van der Waals surface area contributed by atoms with E-state index in [1.165, 1.54) is 0 Å². The molecule has 2 atom stereocenters. The summed E-state index contributed by atoms with van der Waals surface area (Å²) < 4.78 is 5.35. The van der Waals surface area contributed by atoms with E-state index in [4.69, 9.17) is 4.74 Å². The van der Waals surface area contributed by atoms with Gasteiger partial charge in [0.05, 0.1) is 12.0 Å². The molecule has 2 rings (SSSR count). The maximum atomic E-state index is 12.5. The van der Waals surface area contributed by atoms with Gasteiger partial charge in [0.1, 0.15) is 0 Å². The van der Waals surface area contributed by atoms with E-state index in [2.05, 4.69) is 30.9 Å². The second-order valence-electron chi connectivity index (χ2n) is 5.44.